The number of nitrogens with zero attached hydrogens (tertiary/aromatic N) is 5. The number of aliphatic hydroxyl groups is 1. The minimum atomic E-state index is -0.496. The van der Waals surface area contributed by atoms with Crippen LogP contribution in [0.4, 0.5) is 11.4 Å². The molecule has 2 unspecified atom stereocenters. The summed E-state index contributed by atoms with van der Waals surface area (Å²) in [5, 5.41) is 20.2. The van der Waals surface area contributed by atoms with E-state index in [1.165, 1.54) is 16.8 Å². The first kappa shape index (κ1) is 21.4. The van der Waals surface area contributed by atoms with Crippen molar-refractivity contribution < 1.29 is 5.11 Å². The maximum absolute atomic E-state index is 9.65. The molecule has 3 aliphatic heterocycles. The maximum Gasteiger partial charge on any atom is 0.101 e. The number of rotatable bonds is 3. The van der Waals surface area contributed by atoms with Crippen LogP contribution in [0.1, 0.15) is 36.1 Å². The van der Waals surface area contributed by atoms with Crippen LogP contribution in [0.5, 0.6) is 0 Å². The zero-order valence-electron chi connectivity index (χ0n) is 19.5. The van der Waals surface area contributed by atoms with Crippen molar-refractivity contribution in [2.45, 2.75) is 37.5 Å². The van der Waals surface area contributed by atoms with E-state index in [1.807, 2.05) is 12.1 Å². The molecule has 0 aliphatic carbocycles. The lowest BCUT2D eigenvalue weighted by Gasteiger charge is -2.43. The number of piperazine rings is 1. The van der Waals surface area contributed by atoms with Gasteiger partial charge in [0.15, 0.2) is 0 Å². The van der Waals surface area contributed by atoms with Crippen LogP contribution in [-0.2, 0) is 6.54 Å². The Labute approximate surface area is 200 Å². The van der Waals surface area contributed by atoms with Crippen LogP contribution in [0.2, 0.25) is 0 Å². The molecule has 0 radical (unpaired) electrons. The van der Waals surface area contributed by atoms with Gasteiger partial charge < -0.3 is 20.6 Å². The van der Waals surface area contributed by atoms with Gasteiger partial charge >= 0.3 is 0 Å². The van der Waals surface area contributed by atoms with Gasteiger partial charge in [0, 0.05) is 61.7 Å². The molecule has 7 nitrogen and oxygen atoms in total. The topological polar surface area (TPSA) is 92.7 Å². The third kappa shape index (κ3) is 3.33. The third-order valence-corrected chi connectivity index (χ3v) is 7.96. The van der Waals surface area contributed by atoms with E-state index >= 15 is 0 Å². The van der Waals surface area contributed by atoms with Crippen LogP contribution in [0.3, 0.4) is 0 Å². The van der Waals surface area contributed by atoms with Gasteiger partial charge in [-0.2, -0.15) is 5.26 Å². The first-order valence-electron chi connectivity index (χ1n) is 12.1. The van der Waals surface area contributed by atoms with E-state index in [9.17, 15) is 10.4 Å². The van der Waals surface area contributed by atoms with Crippen molar-refractivity contribution in [3.8, 4) is 6.07 Å². The summed E-state index contributed by atoms with van der Waals surface area (Å²) in [6.07, 6.45) is 2.57. The molecule has 2 saturated heterocycles. The number of aromatic nitrogens is 1. The SMILES string of the molecule is C[C@@H]1CN(c2ccc(C#N)c3ncccc23)CC2c3ccc(N4CCC(N)(CO)C4)cc3CN21. The number of nitriles is 1. The minimum Gasteiger partial charge on any atom is -0.394 e. The summed E-state index contributed by atoms with van der Waals surface area (Å²) in [6.45, 7) is 6.71. The number of hydrogen-bond acceptors (Lipinski definition) is 7. The van der Waals surface area contributed by atoms with Crippen molar-refractivity contribution in [3.63, 3.8) is 0 Å². The van der Waals surface area contributed by atoms with Gasteiger partial charge in [-0.3, -0.25) is 9.88 Å². The highest BCUT2D eigenvalue weighted by Gasteiger charge is 2.40. The van der Waals surface area contributed by atoms with Crippen LogP contribution in [0.15, 0.2) is 48.7 Å². The van der Waals surface area contributed by atoms with Gasteiger partial charge in [-0.25, -0.2) is 0 Å². The first-order valence-corrected chi connectivity index (χ1v) is 12.1. The largest absolute Gasteiger partial charge is 0.394 e. The van der Waals surface area contributed by atoms with Crippen molar-refractivity contribution in [1.82, 2.24) is 9.88 Å². The molecule has 174 valence electrons. The Morgan fingerprint density at radius 2 is 2.09 bits per heavy atom. The molecule has 6 rings (SSSR count). The maximum atomic E-state index is 9.65. The zero-order valence-corrected chi connectivity index (χ0v) is 19.5. The lowest BCUT2D eigenvalue weighted by atomic mass is 9.99. The van der Waals surface area contributed by atoms with Crippen molar-refractivity contribution in [2.75, 3.05) is 42.6 Å². The third-order valence-electron chi connectivity index (χ3n) is 7.96. The summed E-state index contributed by atoms with van der Waals surface area (Å²) in [5.74, 6) is 0. The van der Waals surface area contributed by atoms with E-state index in [-0.39, 0.29) is 6.61 Å². The Morgan fingerprint density at radius 1 is 1.21 bits per heavy atom. The van der Waals surface area contributed by atoms with Crippen molar-refractivity contribution in [1.29, 1.82) is 5.26 Å². The van der Waals surface area contributed by atoms with Gasteiger partial charge in [0.25, 0.3) is 0 Å². The van der Waals surface area contributed by atoms with E-state index in [4.69, 9.17) is 5.73 Å². The van der Waals surface area contributed by atoms with Gasteiger partial charge in [-0.1, -0.05) is 6.07 Å². The van der Waals surface area contributed by atoms with Gasteiger partial charge in [0.2, 0.25) is 0 Å². The Bertz CT molecular complexity index is 1300. The molecule has 3 aliphatic rings. The average Bonchev–Trinajstić information content (AvgIpc) is 3.44. The van der Waals surface area contributed by atoms with Crippen molar-refractivity contribution >= 4 is 22.3 Å². The van der Waals surface area contributed by atoms with Crippen LogP contribution in [-0.4, -0.2) is 59.4 Å². The number of anilines is 2. The van der Waals surface area contributed by atoms with Crippen molar-refractivity contribution in [2.24, 2.45) is 5.73 Å². The van der Waals surface area contributed by atoms with Crippen LogP contribution in [0.25, 0.3) is 10.9 Å². The Hall–Kier alpha value is -3.18. The normalized spacial score (nSPS) is 26.5. The quantitative estimate of drug-likeness (QED) is 0.629. The first-order chi connectivity index (χ1) is 16.5. The minimum absolute atomic E-state index is 0.0250. The van der Waals surface area contributed by atoms with Gasteiger partial charge in [-0.15, -0.1) is 0 Å². The van der Waals surface area contributed by atoms with E-state index < -0.39 is 5.54 Å². The van der Waals surface area contributed by atoms with Crippen LogP contribution >= 0.6 is 0 Å². The smallest absolute Gasteiger partial charge is 0.101 e. The number of aliphatic hydroxyl groups excluding tert-OH is 1. The Balaban J connectivity index is 1.31. The lowest BCUT2D eigenvalue weighted by molar-refractivity contribution is 0.134. The molecule has 0 amide bonds. The van der Waals surface area contributed by atoms with Crippen LogP contribution in [0, 0.1) is 11.3 Å². The molecule has 7 heteroatoms. The fourth-order valence-electron chi connectivity index (χ4n) is 6.08. The number of pyridine rings is 1. The average molecular weight is 455 g/mol. The van der Waals surface area contributed by atoms with E-state index in [0.29, 0.717) is 24.2 Å². The molecule has 4 heterocycles. The predicted octanol–water partition coefficient (Wildman–Crippen LogP) is 2.77. The van der Waals surface area contributed by atoms with Crippen molar-refractivity contribution in [3.05, 3.63) is 65.4 Å². The number of fused-ring (bicyclic) bond motifs is 4. The molecule has 3 N–H and O–H groups in total. The molecule has 0 saturated carbocycles. The van der Waals surface area contributed by atoms with E-state index in [0.717, 1.165) is 49.2 Å². The molecule has 34 heavy (non-hydrogen) atoms. The molecule has 2 fully saturated rings. The molecule has 0 spiro atoms. The fraction of sp³-hybridized carbons (Fsp3) is 0.407. The summed E-state index contributed by atoms with van der Waals surface area (Å²) in [5.41, 5.74) is 12.4. The summed E-state index contributed by atoms with van der Waals surface area (Å²) >= 11 is 0. The highest BCUT2D eigenvalue weighted by Crippen LogP contribution is 2.42. The standard InChI is InChI=1S/C27H30N6O/c1-18-13-32(24-7-4-19(12-28)26-23(24)3-2-9-30-26)15-25-22-6-5-21(11-20(22)14-33(18)25)31-10-8-27(29,16-31)17-34/h2-7,9,11,18,25,34H,8,10,13-17,29H2,1H3/t18-,25?,27?/m1/s1. The van der Waals surface area contributed by atoms with E-state index in [1.54, 1.807) is 6.20 Å². The second-order valence-corrected chi connectivity index (χ2v) is 10.2. The molecular formula is C27H30N6O. The highest BCUT2D eigenvalue weighted by atomic mass is 16.3. The van der Waals surface area contributed by atoms with Gasteiger partial charge in [-0.05, 0) is 60.9 Å². The summed E-state index contributed by atoms with van der Waals surface area (Å²) < 4.78 is 0. The molecule has 3 atom stereocenters. The van der Waals surface area contributed by atoms with Gasteiger partial charge in [0.05, 0.1) is 29.3 Å². The van der Waals surface area contributed by atoms with Gasteiger partial charge in [0.1, 0.15) is 6.07 Å². The number of hydrogen-bond donors (Lipinski definition) is 2. The molecule has 3 aromatic rings. The predicted molar refractivity (Wildman–Crippen MR) is 134 cm³/mol. The monoisotopic (exact) mass is 454 g/mol. The molecule has 2 aromatic carbocycles. The zero-order chi connectivity index (χ0) is 23.4. The highest BCUT2D eigenvalue weighted by molar-refractivity contribution is 5.95. The summed E-state index contributed by atoms with van der Waals surface area (Å²) in [7, 11) is 0. The summed E-state index contributed by atoms with van der Waals surface area (Å²) in [6, 6.07) is 17.9. The fourth-order valence-corrected chi connectivity index (χ4v) is 6.08. The Kier molecular flexibility index (Phi) is 4.99. The Morgan fingerprint density at radius 3 is 2.88 bits per heavy atom. The van der Waals surface area contributed by atoms with E-state index in [2.05, 4.69) is 63.0 Å². The number of nitrogens with two attached hydrogens (primary N) is 1. The molecule has 0 bridgehead atoms. The van der Waals surface area contributed by atoms with Crippen LogP contribution < -0.4 is 15.5 Å². The molecular weight excluding hydrogens is 424 g/mol. The second-order valence-electron chi connectivity index (χ2n) is 10.2. The summed E-state index contributed by atoms with van der Waals surface area (Å²) in [4.78, 5) is 11.9. The lowest BCUT2D eigenvalue weighted by Crippen LogP contribution is -2.51. The second kappa shape index (κ2) is 7.95. The molecule has 1 aromatic heterocycles. The number of benzene rings is 2.